The lowest BCUT2D eigenvalue weighted by Gasteiger charge is -2.34. The van der Waals surface area contributed by atoms with Gasteiger partial charge in [-0.25, -0.2) is 0 Å². The molecule has 3 heterocycles. The van der Waals surface area contributed by atoms with Crippen LogP contribution in [0.15, 0.2) is 24.3 Å². The van der Waals surface area contributed by atoms with Gasteiger partial charge < -0.3 is 88.1 Å². The van der Waals surface area contributed by atoms with Crippen LogP contribution in [0, 0.1) is 11.8 Å². The van der Waals surface area contributed by atoms with Gasteiger partial charge in [-0.2, -0.15) is 0 Å². The molecule has 25 nitrogen and oxygen atoms in total. The van der Waals surface area contributed by atoms with Crippen molar-refractivity contribution in [3.63, 3.8) is 0 Å². The van der Waals surface area contributed by atoms with Crippen molar-refractivity contribution >= 4 is 47.3 Å². The number of aliphatic hydroxyl groups is 8. The van der Waals surface area contributed by atoms with E-state index in [0.29, 0.717) is 29.6 Å². The minimum absolute atomic E-state index is 0.0795. The Morgan fingerprint density at radius 2 is 1.32 bits per heavy atom. The van der Waals surface area contributed by atoms with Crippen LogP contribution in [0.4, 0.5) is 0 Å². The van der Waals surface area contributed by atoms with Crippen molar-refractivity contribution in [2.45, 2.75) is 203 Å². The van der Waals surface area contributed by atoms with Crippen molar-refractivity contribution in [1.82, 2.24) is 36.4 Å². The minimum Gasteiger partial charge on any atom is -0.508 e. The Balaban J connectivity index is 1.69. The van der Waals surface area contributed by atoms with Crippen LogP contribution in [-0.2, 0) is 38.4 Å². The molecule has 422 valence electrons. The first-order valence-corrected chi connectivity index (χ1v) is 26.0. The Labute approximate surface area is 436 Å². The molecule has 0 bridgehead atoms. The highest BCUT2D eigenvalue weighted by Crippen LogP contribution is 2.27. The van der Waals surface area contributed by atoms with E-state index < -0.39 is 165 Å². The van der Waals surface area contributed by atoms with E-state index in [1.54, 1.807) is 0 Å². The zero-order chi connectivity index (χ0) is 55.8. The van der Waals surface area contributed by atoms with Gasteiger partial charge in [-0.05, 0) is 55.7 Å². The van der Waals surface area contributed by atoms with E-state index in [-0.39, 0.29) is 24.2 Å². The minimum atomic E-state index is -2.36. The molecule has 16 N–H and O–H groups in total. The molecule has 1 aromatic carbocycles. The summed E-state index contributed by atoms with van der Waals surface area (Å²) >= 11 is 0. The molecule has 4 rings (SSSR count). The van der Waals surface area contributed by atoms with Crippen molar-refractivity contribution < 1.29 is 84.3 Å². The normalized spacial score (nSPS) is 29.0. The molecule has 3 aliphatic rings. The van der Waals surface area contributed by atoms with Crippen LogP contribution in [0.5, 0.6) is 5.75 Å². The number of carbonyl (C=O) groups is 8. The second kappa shape index (κ2) is 29.1. The third-order valence-corrected chi connectivity index (χ3v) is 14.3. The van der Waals surface area contributed by atoms with Gasteiger partial charge in [0.1, 0.15) is 60.3 Å². The maximum atomic E-state index is 14.4. The zero-order valence-corrected chi connectivity index (χ0v) is 43.1. The summed E-state index contributed by atoms with van der Waals surface area (Å²) in [6.07, 6.45) is -10.2. The van der Waals surface area contributed by atoms with Crippen LogP contribution in [0.1, 0.15) is 129 Å². The van der Waals surface area contributed by atoms with Crippen molar-refractivity contribution in [2.24, 2.45) is 17.6 Å². The van der Waals surface area contributed by atoms with E-state index in [0.717, 1.165) is 74.6 Å². The maximum absolute atomic E-state index is 14.4. The molecule has 0 radical (unpaired) electrons. The number of nitrogens with two attached hydrogens (primary N) is 1. The molecule has 25 heteroatoms. The molecule has 3 saturated heterocycles. The van der Waals surface area contributed by atoms with E-state index in [9.17, 15) is 84.3 Å². The van der Waals surface area contributed by atoms with Crippen LogP contribution < -0.4 is 32.3 Å². The fraction of sp³-hybridized carbons (Fsp3) is 0.720. The summed E-state index contributed by atoms with van der Waals surface area (Å²) in [5.41, 5.74) is 5.21. The monoisotopic (exact) mass is 1060 g/mol. The van der Waals surface area contributed by atoms with E-state index in [4.69, 9.17) is 5.73 Å². The summed E-state index contributed by atoms with van der Waals surface area (Å²) in [5, 5.41) is 110. The summed E-state index contributed by atoms with van der Waals surface area (Å²) in [6, 6.07) is -7.37. The van der Waals surface area contributed by atoms with Crippen LogP contribution >= 0.6 is 0 Å². The predicted molar refractivity (Wildman–Crippen MR) is 265 cm³/mol. The number of hydrogen-bond donors (Lipinski definition) is 15. The van der Waals surface area contributed by atoms with Crippen molar-refractivity contribution in [2.75, 3.05) is 13.1 Å². The molecular formula is C50H80N8O17. The van der Waals surface area contributed by atoms with Crippen molar-refractivity contribution in [3.05, 3.63) is 29.8 Å². The maximum Gasteiger partial charge on any atom is 0.248 e. The number of aromatic hydroxyl groups is 1. The average Bonchev–Trinajstić information content (AvgIpc) is 3.95. The summed E-state index contributed by atoms with van der Waals surface area (Å²) in [4.78, 5) is 112. The molecule has 75 heavy (non-hydrogen) atoms. The molecule has 0 aromatic heterocycles. The number of rotatable bonds is 20. The van der Waals surface area contributed by atoms with Crippen LogP contribution in [0.3, 0.4) is 0 Å². The molecule has 2 unspecified atom stereocenters. The Kier molecular flexibility index (Phi) is 24.1. The second-order valence-corrected chi connectivity index (χ2v) is 20.6. The second-order valence-electron chi connectivity index (χ2n) is 20.6. The Bertz CT molecular complexity index is 2100. The number of nitrogens with one attached hydrogen (secondary N) is 5. The molecule has 1 aromatic rings. The Morgan fingerprint density at radius 1 is 0.720 bits per heavy atom. The van der Waals surface area contributed by atoms with Gasteiger partial charge in [-0.3, -0.25) is 38.4 Å². The first-order chi connectivity index (χ1) is 35.3. The standard InChI is InChI=1S/C50H80N8O17/c1-5-25(2)20-26(3)12-10-8-6-7-9-11-13-37(66)52-31-22-35(64)46(71)56-48(73)41-33(62)18-19-57(41)50(75)39(34(63)23-36(51)65)54-47(72)40(43(68)42(67)28-14-16-29(60)17-15-28)55-45(70)32-21-30(61)24-58(32)49(74)38(27(4)59)53-44(31)69/h14-17,25-27,30-35,38-43,46,59-64,67-68,71H,5-13,18-24H2,1-4H3,(H2,51,65)(H,52,66)(H,53,69)(H,54,72)(H,55,70)(H,56,73)/t25?,26?,27-,30+,31-,32-,33-,34-,35+,38-,39-,40-,41-,42-,43-,46+/m0/s1. The lowest BCUT2D eigenvalue weighted by atomic mass is 9.91. The number of carbonyl (C=O) groups excluding carboxylic acids is 8. The number of phenols is 1. The number of primary amides is 1. The van der Waals surface area contributed by atoms with Crippen LogP contribution in [0.25, 0.3) is 0 Å². The van der Waals surface area contributed by atoms with Gasteiger partial charge in [0.2, 0.25) is 47.3 Å². The summed E-state index contributed by atoms with van der Waals surface area (Å²) in [7, 11) is 0. The number of unbranched alkanes of at least 4 members (excludes halogenated alkanes) is 5. The molecule has 3 fully saturated rings. The number of benzene rings is 1. The van der Waals surface area contributed by atoms with Crippen LogP contribution in [0.2, 0.25) is 0 Å². The largest absolute Gasteiger partial charge is 0.508 e. The summed E-state index contributed by atoms with van der Waals surface area (Å²) in [6.45, 7) is 6.76. The van der Waals surface area contributed by atoms with Crippen molar-refractivity contribution in [3.8, 4) is 5.75 Å². The third-order valence-electron chi connectivity index (χ3n) is 14.3. The molecule has 0 aliphatic carbocycles. The van der Waals surface area contributed by atoms with Gasteiger partial charge in [-0.15, -0.1) is 0 Å². The highest BCUT2D eigenvalue weighted by Gasteiger charge is 2.49. The average molecular weight is 1070 g/mol. The smallest absolute Gasteiger partial charge is 0.248 e. The first kappa shape index (κ1) is 62.0. The summed E-state index contributed by atoms with van der Waals surface area (Å²) in [5.74, 6) is -8.59. The fourth-order valence-electron chi connectivity index (χ4n) is 9.79. The highest BCUT2D eigenvalue weighted by atomic mass is 16.3. The molecule has 16 atom stereocenters. The number of hydrogen-bond acceptors (Lipinski definition) is 17. The first-order valence-electron chi connectivity index (χ1n) is 26.0. The molecule has 0 spiro atoms. The molecular weight excluding hydrogens is 985 g/mol. The predicted octanol–water partition coefficient (Wildman–Crippen LogP) is -3.34. The fourth-order valence-corrected chi connectivity index (χ4v) is 9.79. The number of amides is 8. The number of phenolic OH excluding ortho intramolecular Hbond substituents is 1. The van der Waals surface area contributed by atoms with Gasteiger partial charge in [0, 0.05) is 32.4 Å². The lowest BCUT2D eigenvalue weighted by molar-refractivity contribution is -0.149. The third kappa shape index (κ3) is 17.8. The van der Waals surface area contributed by atoms with Gasteiger partial charge in [0.05, 0.1) is 30.8 Å². The Morgan fingerprint density at radius 3 is 1.95 bits per heavy atom. The quantitative estimate of drug-likeness (QED) is 0.0568. The van der Waals surface area contributed by atoms with E-state index in [2.05, 4.69) is 47.4 Å². The van der Waals surface area contributed by atoms with Crippen molar-refractivity contribution in [1.29, 1.82) is 0 Å². The van der Waals surface area contributed by atoms with E-state index in [1.165, 1.54) is 6.42 Å². The number of fused-ring (bicyclic) bond motifs is 2. The zero-order valence-electron chi connectivity index (χ0n) is 43.1. The SMILES string of the molecule is CCC(C)CC(C)CCCCCCCCC(=O)N[C@H]1C[C@@H](O)[C@@H](O)NC(=O)[C@@H]2[C@@H](O)CCN2C(=O)[C@H]([C@@H](O)CC(N)=O)NC(=O)[C@H]([C@H](O)[C@@H](O)c2ccc(O)cc2)NC(=O)[C@@H]2C[C@@H](O)CN2C(=O)[C@H]([C@H](C)O)NC1=O. The van der Waals surface area contributed by atoms with Gasteiger partial charge in [-0.1, -0.05) is 77.8 Å². The van der Waals surface area contributed by atoms with Gasteiger partial charge >= 0.3 is 0 Å². The van der Waals surface area contributed by atoms with E-state index >= 15 is 0 Å². The Hall–Kier alpha value is -5.54. The highest BCUT2D eigenvalue weighted by molar-refractivity contribution is 5.98. The number of aliphatic hydroxyl groups excluding tert-OH is 8. The summed E-state index contributed by atoms with van der Waals surface area (Å²) < 4.78 is 0. The topological polar surface area (TPSA) is 411 Å². The van der Waals surface area contributed by atoms with E-state index in [1.807, 2.05) is 0 Å². The molecule has 8 amide bonds. The van der Waals surface area contributed by atoms with Gasteiger partial charge in [0.25, 0.3) is 0 Å². The molecule has 3 aliphatic heterocycles. The molecule has 0 saturated carbocycles. The number of nitrogens with zero attached hydrogens (tertiary/aromatic N) is 2. The lowest BCUT2D eigenvalue weighted by Crippen LogP contribution is -2.64. The van der Waals surface area contributed by atoms with Gasteiger partial charge in [0.15, 0.2) is 6.23 Å². The van der Waals surface area contributed by atoms with Crippen LogP contribution in [-0.4, -0.2) is 195 Å².